The van der Waals surface area contributed by atoms with Gasteiger partial charge in [-0.05, 0) is 13.3 Å². The number of alkyl halides is 1. The van der Waals surface area contributed by atoms with Gasteiger partial charge < -0.3 is 9.47 Å². The molecule has 0 saturated heterocycles. The Kier molecular flexibility index (Phi) is 5.12. The van der Waals surface area contributed by atoms with E-state index in [2.05, 4.69) is 9.47 Å². The lowest BCUT2D eigenvalue weighted by molar-refractivity contribution is 0.0719. The van der Waals surface area contributed by atoms with Crippen molar-refractivity contribution >= 4 is 17.8 Å². The van der Waals surface area contributed by atoms with Gasteiger partial charge in [-0.3, -0.25) is 0 Å². The summed E-state index contributed by atoms with van der Waals surface area (Å²) in [6.07, 6.45) is -0.00580. The van der Waals surface area contributed by atoms with Crippen LogP contribution in [0.4, 0.5) is 4.79 Å². The maximum absolute atomic E-state index is 10.3. The van der Waals surface area contributed by atoms with E-state index in [1.807, 2.05) is 6.92 Å². The van der Waals surface area contributed by atoms with Crippen molar-refractivity contribution in [3.8, 4) is 0 Å². The Hall–Kier alpha value is -0.440. The number of carbonyl (C=O) groups is 1. The van der Waals surface area contributed by atoms with Crippen LogP contribution in [0.2, 0.25) is 0 Å². The number of hydrogen-bond donors (Lipinski definition) is 0. The highest BCUT2D eigenvalue weighted by molar-refractivity contribution is 6.20. The van der Waals surface area contributed by atoms with Gasteiger partial charge in [-0.25, -0.2) is 4.79 Å². The van der Waals surface area contributed by atoms with Crippen LogP contribution in [0.25, 0.3) is 0 Å². The molecule has 0 saturated carbocycles. The van der Waals surface area contributed by atoms with Gasteiger partial charge in [-0.15, -0.1) is 11.6 Å². The first-order valence-corrected chi connectivity index (χ1v) is 3.45. The summed E-state index contributed by atoms with van der Waals surface area (Å²) in [4.78, 5) is 10.3. The van der Waals surface area contributed by atoms with Gasteiger partial charge in [0.05, 0.1) is 13.7 Å². The molecule has 60 valence electrons. The maximum atomic E-state index is 10.3. The number of carbonyl (C=O) groups excluding carboxylic acids is 1. The maximum Gasteiger partial charge on any atom is 0.507 e. The van der Waals surface area contributed by atoms with E-state index >= 15 is 0 Å². The Morgan fingerprint density at radius 2 is 2.30 bits per heavy atom. The van der Waals surface area contributed by atoms with Crippen molar-refractivity contribution in [2.75, 3.05) is 13.7 Å². The molecule has 0 bridgehead atoms. The van der Waals surface area contributed by atoms with E-state index in [1.54, 1.807) is 0 Å². The summed E-state index contributed by atoms with van der Waals surface area (Å²) >= 11 is 5.57. The van der Waals surface area contributed by atoms with Crippen LogP contribution in [0.1, 0.15) is 13.3 Å². The number of halogens is 1. The minimum Gasteiger partial charge on any atom is -0.438 e. The van der Waals surface area contributed by atoms with Crippen LogP contribution in [0, 0.1) is 0 Å². The molecule has 10 heavy (non-hydrogen) atoms. The molecule has 4 heteroatoms. The average molecular weight is 167 g/mol. The zero-order valence-electron chi connectivity index (χ0n) is 6.09. The van der Waals surface area contributed by atoms with E-state index in [4.69, 9.17) is 11.6 Å². The van der Waals surface area contributed by atoms with E-state index < -0.39 is 6.16 Å². The zero-order valence-corrected chi connectivity index (χ0v) is 6.85. The van der Waals surface area contributed by atoms with Crippen LogP contribution < -0.4 is 0 Å². The molecule has 0 spiro atoms. The fraction of sp³-hybridized carbons (Fsp3) is 0.833. The summed E-state index contributed by atoms with van der Waals surface area (Å²) in [7, 11) is 1.27. The first-order valence-electron chi connectivity index (χ1n) is 3.01. The van der Waals surface area contributed by atoms with Gasteiger partial charge in [0.2, 0.25) is 0 Å². The molecule has 3 nitrogen and oxygen atoms in total. The molecule has 0 amide bonds. The van der Waals surface area contributed by atoms with E-state index in [-0.39, 0.29) is 5.38 Å². The van der Waals surface area contributed by atoms with Crippen molar-refractivity contribution in [2.45, 2.75) is 18.7 Å². The van der Waals surface area contributed by atoms with Gasteiger partial charge in [0.1, 0.15) is 0 Å². The van der Waals surface area contributed by atoms with Gasteiger partial charge in [-0.2, -0.15) is 0 Å². The predicted molar refractivity (Wildman–Crippen MR) is 38.3 cm³/mol. The molecule has 0 radical (unpaired) electrons. The highest BCUT2D eigenvalue weighted by atomic mass is 35.5. The second kappa shape index (κ2) is 5.35. The third kappa shape index (κ3) is 5.69. The highest BCUT2D eigenvalue weighted by Crippen LogP contribution is 1.99. The first kappa shape index (κ1) is 9.56. The Balaban J connectivity index is 3.12. The largest absolute Gasteiger partial charge is 0.507 e. The lowest BCUT2D eigenvalue weighted by Gasteiger charge is -2.02. The van der Waals surface area contributed by atoms with Crippen molar-refractivity contribution in [3.63, 3.8) is 0 Å². The Labute approximate surface area is 65.3 Å². The Morgan fingerprint density at radius 1 is 1.70 bits per heavy atom. The van der Waals surface area contributed by atoms with Crippen molar-refractivity contribution in [1.29, 1.82) is 0 Å². The summed E-state index contributed by atoms with van der Waals surface area (Å²) in [6, 6.07) is 0. The summed E-state index contributed by atoms with van der Waals surface area (Å²) in [5, 5.41) is 0.0321. The van der Waals surface area contributed by atoms with Crippen LogP contribution in [-0.2, 0) is 9.47 Å². The van der Waals surface area contributed by atoms with Crippen LogP contribution in [0.3, 0.4) is 0 Å². The number of hydrogen-bond acceptors (Lipinski definition) is 3. The summed E-state index contributed by atoms with van der Waals surface area (Å²) in [5.74, 6) is 0. The molecule has 0 aliphatic carbocycles. The molecule has 0 aliphatic rings. The van der Waals surface area contributed by atoms with Crippen LogP contribution in [-0.4, -0.2) is 25.2 Å². The quantitative estimate of drug-likeness (QED) is 0.474. The second-order valence-corrected chi connectivity index (χ2v) is 2.62. The Morgan fingerprint density at radius 3 is 2.70 bits per heavy atom. The molecular formula is C6H11ClO3. The first-order chi connectivity index (χ1) is 4.66. The molecule has 0 aromatic rings. The van der Waals surface area contributed by atoms with Gasteiger partial charge in [0, 0.05) is 5.38 Å². The van der Waals surface area contributed by atoms with Crippen molar-refractivity contribution in [2.24, 2.45) is 0 Å². The molecule has 0 rings (SSSR count). The molecule has 0 fully saturated rings. The molecule has 0 N–H and O–H groups in total. The molecule has 1 unspecified atom stereocenters. The molecule has 0 aliphatic heterocycles. The topological polar surface area (TPSA) is 35.5 Å². The smallest absolute Gasteiger partial charge is 0.438 e. The van der Waals surface area contributed by atoms with Gasteiger partial charge in [0.25, 0.3) is 0 Å². The molecule has 0 aromatic heterocycles. The number of ether oxygens (including phenoxy) is 2. The van der Waals surface area contributed by atoms with Gasteiger partial charge in [0.15, 0.2) is 0 Å². The van der Waals surface area contributed by atoms with E-state index in [0.717, 1.165) is 0 Å². The fourth-order valence-electron chi connectivity index (χ4n) is 0.364. The van der Waals surface area contributed by atoms with Crippen LogP contribution in [0.5, 0.6) is 0 Å². The minimum atomic E-state index is -0.655. The van der Waals surface area contributed by atoms with Gasteiger partial charge >= 0.3 is 6.16 Å². The molecular weight excluding hydrogens is 156 g/mol. The number of rotatable bonds is 3. The van der Waals surface area contributed by atoms with E-state index in [1.165, 1.54) is 7.11 Å². The summed E-state index contributed by atoms with van der Waals surface area (Å²) in [6.45, 7) is 2.15. The van der Waals surface area contributed by atoms with Crippen molar-refractivity contribution in [3.05, 3.63) is 0 Å². The van der Waals surface area contributed by atoms with Crippen LogP contribution >= 0.6 is 11.6 Å². The minimum absolute atomic E-state index is 0.0321. The third-order valence-corrected chi connectivity index (χ3v) is 1.12. The average Bonchev–Trinajstić information content (AvgIpc) is 1.87. The lowest BCUT2D eigenvalue weighted by Crippen LogP contribution is -2.07. The third-order valence-electron chi connectivity index (χ3n) is 0.902. The van der Waals surface area contributed by atoms with Crippen LogP contribution in [0.15, 0.2) is 0 Å². The van der Waals surface area contributed by atoms with E-state index in [0.29, 0.717) is 13.0 Å². The monoisotopic (exact) mass is 166 g/mol. The molecule has 0 heterocycles. The summed E-state index contributed by atoms with van der Waals surface area (Å²) in [5.41, 5.74) is 0. The summed E-state index contributed by atoms with van der Waals surface area (Å²) < 4.78 is 8.78. The predicted octanol–water partition coefficient (Wildman–Crippen LogP) is 1.79. The SMILES string of the molecule is COC(=O)OCCC(C)Cl. The standard InChI is InChI=1S/C6H11ClO3/c1-5(7)3-4-10-6(8)9-2/h5H,3-4H2,1-2H3. The van der Waals surface area contributed by atoms with E-state index in [9.17, 15) is 4.79 Å². The Bertz CT molecular complexity index is 103. The number of methoxy groups -OCH3 is 1. The highest BCUT2D eigenvalue weighted by Gasteiger charge is 2.01. The second-order valence-electron chi connectivity index (χ2n) is 1.87. The van der Waals surface area contributed by atoms with Gasteiger partial charge in [-0.1, -0.05) is 0 Å². The normalized spacial score (nSPS) is 12.3. The molecule has 0 aromatic carbocycles. The zero-order chi connectivity index (χ0) is 7.98. The lowest BCUT2D eigenvalue weighted by atomic mass is 10.3. The van der Waals surface area contributed by atoms with Crippen molar-refractivity contribution < 1.29 is 14.3 Å². The molecule has 1 atom stereocenters. The fourth-order valence-corrected chi connectivity index (χ4v) is 0.453. The van der Waals surface area contributed by atoms with Crippen molar-refractivity contribution in [1.82, 2.24) is 0 Å².